The summed E-state index contributed by atoms with van der Waals surface area (Å²) in [6.45, 7) is 2.39. The van der Waals surface area contributed by atoms with Gasteiger partial charge in [-0.2, -0.15) is 10.4 Å². The van der Waals surface area contributed by atoms with Gasteiger partial charge in [0.1, 0.15) is 12.4 Å². The fourth-order valence-electron chi connectivity index (χ4n) is 2.61. The summed E-state index contributed by atoms with van der Waals surface area (Å²) in [7, 11) is 0. The molecular formula is C23H17Br2N3O2. The van der Waals surface area contributed by atoms with E-state index in [2.05, 4.69) is 48.5 Å². The minimum atomic E-state index is -0.309. The second-order valence-corrected chi connectivity index (χ2v) is 8.18. The van der Waals surface area contributed by atoms with Gasteiger partial charge in [0.05, 0.1) is 26.8 Å². The van der Waals surface area contributed by atoms with E-state index in [1.54, 1.807) is 36.4 Å². The van der Waals surface area contributed by atoms with Gasteiger partial charge < -0.3 is 4.74 Å². The van der Waals surface area contributed by atoms with Crippen LogP contribution in [0.3, 0.4) is 0 Å². The van der Waals surface area contributed by atoms with Gasteiger partial charge in [-0.1, -0.05) is 24.3 Å². The molecule has 3 rings (SSSR count). The van der Waals surface area contributed by atoms with E-state index in [-0.39, 0.29) is 5.91 Å². The van der Waals surface area contributed by atoms with E-state index < -0.39 is 0 Å². The lowest BCUT2D eigenvalue weighted by Gasteiger charge is -2.11. The molecular weight excluding hydrogens is 510 g/mol. The molecule has 0 spiro atoms. The molecule has 7 heteroatoms. The Morgan fingerprint density at radius 1 is 1.10 bits per heavy atom. The van der Waals surface area contributed by atoms with Gasteiger partial charge in [-0.05, 0) is 91.9 Å². The van der Waals surface area contributed by atoms with E-state index in [1.165, 1.54) is 6.21 Å². The van der Waals surface area contributed by atoms with Crippen molar-refractivity contribution in [1.82, 2.24) is 5.43 Å². The number of nitriles is 1. The highest BCUT2D eigenvalue weighted by Crippen LogP contribution is 2.35. The Kier molecular flexibility index (Phi) is 7.39. The number of hydrogen-bond donors (Lipinski definition) is 1. The van der Waals surface area contributed by atoms with Crippen molar-refractivity contribution in [2.24, 2.45) is 5.10 Å². The number of amides is 1. The third-order valence-electron chi connectivity index (χ3n) is 4.16. The Morgan fingerprint density at radius 3 is 2.33 bits per heavy atom. The van der Waals surface area contributed by atoms with Crippen molar-refractivity contribution in [1.29, 1.82) is 5.26 Å². The van der Waals surface area contributed by atoms with Crippen LogP contribution in [-0.2, 0) is 6.61 Å². The lowest BCUT2D eigenvalue weighted by molar-refractivity contribution is 0.0955. The number of hydrogen-bond acceptors (Lipinski definition) is 4. The summed E-state index contributed by atoms with van der Waals surface area (Å²) in [4.78, 5) is 12.2. The van der Waals surface area contributed by atoms with Gasteiger partial charge in [0.15, 0.2) is 0 Å². The van der Waals surface area contributed by atoms with Gasteiger partial charge >= 0.3 is 0 Å². The molecule has 0 aliphatic carbocycles. The van der Waals surface area contributed by atoms with Gasteiger partial charge in [-0.15, -0.1) is 0 Å². The van der Waals surface area contributed by atoms with Crippen molar-refractivity contribution < 1.29 is 9.53 Å². The van der Waals surface area contributed by atoms with Crippen molar-refractivity contribution in [3.63, 3.8) is 0 Å². The highest BCUT2D eigenvalue weighted by atomic mass is 79.9. The topological polar surface area (TPSA) is 74.5 Å². The van der Waals surface area contributed by atoms with E-state index in [9.17, 15) is 4.79 Å². The van der Waals surface area contributed by atoms with Crippen LogP contribution in [0.1, 0.15) is 32.6 Å². The van der Waals surface area contributed by atoms with Gasteiger partial charge in [0.25, 0.3) is 5.91 Å². The molecule has 0 saturated carbocycles. The fourth-order valence-corrected chi connectivity index (χ4v) is 4.25. The molecule has 0 unspecified atom stereocenters. The number of nitrogens with one attached hydrogen (secondary N) is 1. The Morgan fingerprint density at radius 2 is 1.73 bits per heavy atom. The van der Waals surface area contributed by atoms with Crippen LogP contribution in [0.2, 0.25) is 0 Å². The maximum atomic E-state index is 12.2. The molecule has 0 aromatic heterocycles. The first-order valence-corrected chi connectivity index (χ1v) is 10.6. The van der Waals surface area contributed by atoms with Gasteiger partial charge in [0, 0.05) is 5.56 Å². The van der Waals surface area contributed by atoms with E-state index in [0.29, 0.717) is 17.7 Å². The van der Waals surface area contributed by atoms with E-state index in [0.717, 1.165) is 31.4 Å². The van der Waals surface area contributed by atoms with Crippen LogP contribution in [-0.4, -0.2) is 12.1 Å². The summed E-state index contributed by atoms with van der Waals surface area (Å²) in [6.07, 6.45) is 1.53. The molecule has 5 nitrogen and oxygen atoms in total. The van der Waals surface area contributed by atoms with Crippen molar-refractivity contribution >= 4 is 44.0 Å². The Hall–Kier alpha value is -2.95. The SMILES string of the molecule is Cc1cc(Br)c(OCc2ccc(C(=O)NN=Cc3ccc(C#N)cc3)cc2)c(Br)c1. The molecule has 3 aromatic rings. The molecule has 3 aromatic carbocycles. The quantitative estimate of drug-likeness (QED) is 0.329. The maximum Gasteiger partial charge on any atom is 0.271 e. The molecule has 0 aliphatic heterocycles. The second kappa shape index (κ2) is 10.2. The lowest BCUT2D eigenvalue weighted by atomic mass is 10.1. The number of rotatable bonds is 6. The zero-order valence-electron chi connectivity index (χ0n) is 16.0. The molecule has 0 aliphatic rings. The highest BCUT2D eigenvalue weighted by Gasteiger charge is 2.09. The number of carbonyl (C=O) groups excluding carboxylic acids is 1. The fraction of sp³-hybridized carbons (Fsp3) is 0.0870. The number of ether oxygens (including phenoxy) is 1. The molecule has 150 valence electrons. The lowest BCUT2D eigenvalue weighted by Crippen LogP contribution is -2.17. The first kappa shape index (κ1) is 21.8. The largest absolute Gasteiger partial charge is 0.487 e. The molecule has 1 N–H and O–H groups in total. The third kappa shape index (κ3) is 5.78. The summed E-state index contributed by atoms with van der Waals surface area (Å²) < 4.78 is 7.66. The zero-order valence-corrected chi connectivity index (χ0v) is 19.2. The molecule has 0 bridgehead atoms. The maximum absolute atomic E-state index is 12.2. The Bertz CT molecular complexity index is 1100. The average Bonchev–Trinajstić information content (AvgIpc) is 2.74. The number of carbonyl (C=O) groups is 1. The third-order valence-corrected chi connectivity index (χ3v) is 5.34. The number of benzene rings is 3. The summed E-state index contributed by atoms with van der Waals surface area (Å²) in [5.41, 5.74) is 6.41. The monoisotopic (exact) mass is 525 g/mol. The van der Waals surface area contributed by atoms with Crippen LogP contribution in [0.5, 0.6) is 5.75 Å². The van der Waals surface area contributed by atoms with Gasteiger partial charge in [-0.3, -0.25) is 4.79 Å². The van der Waals surface area contributed by atoms with Crippen molar-refractivity contribution in [3.05, 3.63) is 97.4 Å². The molecule has 0 heterocycles. The average molecular weight is 527 g/mol. The van der Waals surface area contributed by atoms with Crippen LogP contribution in [0.25, 0.3) is 0 Å². The molecule has 0 fully saturated rings. The van der Waals surface area contributed by atoms with Crippen LogP contribution in [0.4, 0.5) is 0 Å². The normalized spacial score (nSPS) is 10.6. The molecule has 0 atom stereocenters. The summed E-state index contributed by atoms with van der Waals surface area (Å²) in [5, 5.41) is 12.8. The van der Waals surface area contributed by atoms with Crippen molar-refractivity contribution in [3.8, 4) is 11.8 Å². The van der Waals surface area contributed by atoms with Crippen molar-refractivity contribution in [2.45, 2.75) is 13.5 Å². The van der Waals surface area contributed by atoms with E-state index in [4.69, 9.17) is 10.00 Å². The number of aryl methyl sites for hydroxylation is 1. The van der Waals surface area contributed by atoms with Crippen LogP contribution < -0.4 is 10.2 Å². The molecule has 0 radical (unpaired) electrons. The Labute approximate surface area is 191 Å². The Balaban J connectivity index is 1.56. The van der Waals surface area contributed by atoms with Gasteiger partial charge in [-0.25, -0.2) is 5.43 Å². The molecule has 1 amide bonds. The second-order valence-electron chi connectivity index (χ2n) is 6.48. The first-order chi connectivity index (χ1) is 14.5. The number of hydrazone groups is 1. The van der Waals surface area contributed by atoms with Crippen LogP contribution in [0, 0.1) is 18.3 Å². The number of nitrogens with zero attached hydrogens (tertiary/aromatic N) is 2. The zero-order chi connectivity index (χ0) is 21.5. The van der Waals surface area contributed by atoms with Crippen LogP contribution in [0.15, 0.2) is 74.7 Å². The minimum Gasteiger partial charge on any atom is -0.487 e. The first-order valence-electron chi connectivity index (χ1n) is 8.97. The molecule has 30 heavy (non-hydrogen) atoms. The minimum absolute atomic E-state index is 0.309. The smallest absolute Gasteiger partial charge is 0.271 e. The summed E-state index contributed by atoms with van der Waals surface area (Å²) in [6, 6.07) is 20.1. The molecule has 0 saturated heterocycles. The predicted octanol–water partition coefficient (Wildman–Crippen LogP) is 5.73. The highest BCUT2D eigenvalue weighted by molar-refractivity contribution is 9.11. The predicted molar refractivity (Wildman–Crippen MR) is 124 cm³/mol. The van der Waals surface area contributed by atoms with E-state index >= 15 is 0 Å². The standard InChI is InChI=1S/C23H17Br2N3O2/c1-15-10-20(24)22(21(25)11-15)30-14-18-6-8-19(9-7-18)23(29)28-27-13-17-4-2-16(12-26)3-5-17/h2-11,13H,14H2,1H3,(H,28,29). The van der Waals surface area contributed by atoms with Crippen LogP contribution >= 0.6 is 31.9 Å². The van der Waals surface area contributed by atoms with E-state index in [1.807, 2.05) is 31.2 Å². The number of halogens is 2. The van der Waals surface area contributed by atoms with Gasteiger partial charge in [0.2, 0.25) is 0 Å². The summed E-state index contributed by atoms with van der Waals surface area (Å²) in [5.74, 6) is 0.427. The summed E-state index contributed by atoms with van der Waals surface area (Å²) >= 11 is 7.03. The van der Waals surface area contributed by atoms with Crippen molar-refractivity contribution in [2.75, 3.05) is 0 Å².